The van der Waals surface area contributed by atoms with Gasteiger partial charge in [-0.2, -0.15) is 5.10 Å². The summed E-state index contributed by atoms with van der Waals surface area (Å²) in [5.41, 5.74) is 2.09. The van der Waals surface area contributed by atoms with E-state index in [9.17, 15) is 9.59 Å². The molecule has 168 valence electrons. The largest absolute Gasteiger partial charge is 0.354 e. The second kappa shape index (κ2) is 10.3. The molecule has 4 N–H and O–H groups in total. The molecule has 0 spiro atoms. The Labute approximate surface area is 184 Å². The van der Waals surface area contributed by atoms with Gasteiger partial charge in [0.25, 0.3) is 0 Å². The Balaban J connectivity index is 1.31. The number of benzene rings is 1. The quantitative estimate of drug-likeness (QED) is 0.368. The third-order valence-electron chi connectivity index (χ3n) is 7.30. The van der Waals surface area contributed by atoms with E-state index in [0.29, 0.717) is 24.9 Å². The lowest BCUT2D eigenvalue weighted by Gasteiger charge is -2.43. The van der Waals surface area contributed by atoms with E-state index in [0.717, 1.165) is 43.4 Å². The van der Waals surface area contributed by atoms with Crippen molar-refractivity contribution < 1.29 is 9.59 Å². The van der Waals surface area contributed by atoms with Gasteiger partial charge in [0.2, 0.25) is 11.8 Å². The van der Waals surface area contributed by atoms with Crippen LogP contribution in [-0.4, -0.2) is 54.6 Å². The first-order chi connectivity index (χ1) is 15.2. The molecular formula is C24H35N5O2. The van der Waals surface area contributed by atoms with Crippen LogP contribution in [0.1, 0.15) is 56.1 Å². The van der Waals surface area contributed by atoms with Gasteiger partial charge in [0.1, 0.15) is 6.04 Å². The molecule has 0 radical (unpaired) electrons. The van der Waals surface area contributed by atoms with E-state index in [4.69, 9.17) is 5.84 Å². The number of nitrogens with one attached hydrogen (secondary N) is 2. The van der Waals surface area contributed by atoms with E-state index in [1.807, 2.05) is 29.2 Å². The molecule has 0 unspecified atom stereocenters. The van der Waals surface area contributed by atoms with Crippen molar-refractivity contribution >= 4 is 18.0 Å². The van der Waals surface area contributed by atoms with E-state index >= 15 is 0 Å². The monoisotopic (exact) mass is 425 g/mol. The van der Waals surface area contributed by atoms with Crippen LogP contribution >= 0.6 is 0 Å². The zero-order valence-electron chi connectivity index (χ0n) is 18.3. The van der Waals surface area contributed by atoms with Crippen molar-refractivity contribution in [3.8, 4) is 0 Å². The Bertz CT molecular complexity index is 792. The zero-order valence-corrected chi connectivity index (χ0v) is 18.3. The number of piperidine rings is 1. The average Bonchev–Trinajstić information content (AvgIpc) is 3.30. The third kappa shape index (κ3) is 5.09. The summed E-state index contributed by atoms with van der Waals surface area (Å²) in [5, 5.41) is 10.1. The summed E-state index contributed by atoms with van der Waals surface area (Å²) in [6, 6.07) is 7.51. The maximum absolute atomic E-state index is 13.4. The fourth-order valence-corrected chi connectivity index (χ4v) is 5.67. The first-order valence-electron chi connectivity index (χ1n) is 11.8. The predicted molar refractivity (Wildman–Crippen MR) is 122 cm³/mol. The van der Waals surface area contributed by atoms with Crippen LogP contribution in [0.4, 0.5) is 0 Å². The molecule has 1 saturated carbocycles. The van der Waals surface area contributed by atoms with Gasteiger partial charge in [-0.05, 0) is 61.6 Å². The molecule has 2 heterocycles. The first-order valence-corrected chi connectivity index (χ1v) is 11.8. The highest BCUT2D eigenvalue weighted by Gasteiger charge is 2.43. The standard InChI is InChI=1S/C24H35N5O2/c25-28-16-18-9-7-17(8-10-18)11-13-27-23(30)21-6-3-15-29(21)24(31)22-20-5-2-1-4-19(20)12-14-26-22/h7-10,16,19-22,26H,1-6,11-15,25H2,(H,27,30)/t19-,20-,21-,22+/m0/s1. The second-order valence-electron chi connectivity index (χ2n) is 9.18. The minimum absolute atomic E-state index is 0.0197. The summed E-state index contributed by atoms with van der Waals surface area (Å²) >= 11 is 0. The molecule has 3 aliphatic rings. The number of rotatable bonds is 6. The maximum Gasteiger partial charge on any atom is 0.242 e. The molecule has 0 aromatic heterocycles. The number of amides is 2. The lowest BCUT2D eigenvalue weighted by atomic mass is 9.71. The molecule has 7 nitrogen and oxygen atoms in total. The van der Waals surface area contributed by atoms with Gasteiger partial charge in [-0.25, -0.2) is 0 Å². The van der Waals surface area contributed by atoms with Crippen molar-refractivity contribution in [2.75, 3.05) is 19.6 Å². The van der Waals surface area contributed by atoms with Gasteiger partial charge in [0.15, 0.2) is 0 Å². The maximum atomic E-state index is 13.4. The minimum atomic E-state index is -0.332. The number of hydrazone groups is 1. The molecule has 31 heavy (non-hydrogen) atoms. The molecule has 4 atom stereocenters. The van der Waals surface area contributed by atoms with Crippen molar-refractivity contribution in [3.05, 3.63) is 35.4 Å². The number of hydrogen-bond donors (Lipinski definition) is 3. The molecule has 3 fully saturated rings. The summed E-state index contributed by atoms with van der Waals surface area (Å²) in [7, 11) is 0. The molecule has 1 aromatic carbocycles. The lowest BCUT2D eigenvalue weighted by molar-refractivity contribution is -0.142. The van der Waals surface area contributed by atoms with E-state index in [2.05, 4.69) is 15.7 Å². The number of nitrogens with two attached hydrogens (primary N) is 1. The SMILES string of the molecule is NN=Cc1ccc(CCNC(=O)[C@@H]2CCCN2C(=O)[C@@H]2NCC[C@@H]3CCCC[C@@H]32)cc1. The van der Waals surface area contributed by atoms with Crippen LogP contribution in [0.2, 0.25) is 0 Å². The summed E-state index contributed by atoms with van der Waals surface area (Å²) in [5.74, 6) is 6.40. The zero-order chi connectivity index (χ0) is 21.6. The fourth-order valence-electron chi connectivity index (χ4n) is 5.67. The van der Waals surface area contributed by atoms with Crippen LogP contribution < -0.4 is 16.5 Å². The molecule has 1 aliphatic carbocycles. The van der Waals surface area contributed by atoms with Gasteiger partial charge < -0.3 is 21.4 Å². The number of fused-ring (bicyclic) bond motifs is 1. The molecule has 2 amide bonds. The molecule has 2 saturated heterocycles. The van der Waals surface area contributed by atoms with Crippen LogP contribution in [0.25, 0.3) is 0 Å². The molecule has 4 rings (SSSR count). The Morgan fingerprint density at radius 1 is 1.13 bits per heavy atom. The minimum Gasteiger partial charge on any atom is -0.354 e. The smallest absolute Gasteiger partial charge is 0.242 e. The number of carbonyl (C=O) groups excluding carboxylic acids is 2. The predicted octanol–water partition coefficient (Wildman–Crippen LogP) is 1.80. The van der Waals surface area contributed by atoms with E-state index in [1.54, 1.807) is 6.21 Å². The highest BCUT2D eigenvalue weighted by Crippen LogP contribution is 2.37. The van der Waals surface area contributed by atoms with Crippen LogP contribution in [0.5, 0.6) is 0 Å². The molecule has 0 bridgehead atoms. The molecule has 2 aliphatic heterocycles. The number of hydrogen-bond acceptors (Lipinski definition) is 5. The van der Waals surface area contributed by atoms with Gasteiger partial charge in [0, 0.05) is 13.1 Å². The van der Waals surface area contributed by atoms with Gasteiger partial charge in [-0.1, -0.05) is 43.5 Å². The molecule has 7 heteroatoms. The first kappa shape index (κ1) is 21.8. The molecular weight excluding hydrogens is 390 g/mol. The van der Waals surface area contributed by atoms with Gasteiger partial charge in [-0.15, -0.1) is 0 Å². The Morgan fingerprint density at radius 3 is 2.74 bits per heavy atom. The highest BCUT2D eigenvalue weighted by molar-refractivity contribution is 5.90. The van der Waals surface area contributed by atoms with Crippen LogP contribution in [0, 0.1) is 11.8 Å². The van der Waals surface area contributed by atoms with Crippen molar-refractivity contribution in [1.29, 1.82) is 0 Å². The summed E-state index contributed by atoms with van der Waals surface area (Å²) in [4.78, 5) is 28.2. The topological polar surface area (TPSA) is 99.8 Å². The summed E-state index contributed by atoms with van der Waals surface area (Å²) < 4.78 is 0. The summed E-state index contributed by atoms with van der Waals surface area (Å²) in [6.45, 7) is 2.17. The Kier molecular flexibility index (Phi) is 7.22. The number of likely N-dealkylation sites (tertiary alicyclic amines) is 1. The lowest BCUT2D eigenvalue weighted by Crippen LogP contribution is -2.58. The number of carbonyl (C=O) groups is 2. The fraction of sp³-hybridized carbons (Fsp3) is 0.625. The Hall–Kier alpha value is -2.41. The highest BCUT2D eigenvalue weighted by atomic mass is 16.2. The van der Waals surface area contributed by atoms with Crippen LogP contribution in [0.3, 0.4) is 0 Å². The van der Waals surface area contributed by atoms with E-state index in [1.165, 1.54) is 25.7 Å². The summed E-state index contributed by atoms with van der Waals surface area (Å²) in [6.07, 6.45) is 10.1. The normalized spacial score (nSPS) is 28.5. The molecule has 1 aromatic rings. The van der Waals surface area contributed by atoms with Crippen molar-refractivity contribution in [2.24, 2.45) is 22.8 Å². The van der Waals surface area contributed by atoms with Gasteiger partial charge in [-0.3, -0.25) is 9.59 Å². The third-order valence-corrected chi connectivity index (χ3v) is 7.30. The van der Waals surface area contributed by atoms with E-state index in [-0.39, 0.29) is 23.9 Å². The number of nitrogens with zero attached hydrogens (tertiary/aromatic N) is 2. The van der Waals surface area contributed by atoms with Crippen molar-refractivity contribution in [1.82, 2.24) is 15.5 Å². The van der Waals surface area contributed by atoms with Crippen LogP contribution in [0.15, 0.2) is 29.4 Å². The van der Waals surface area contributed by atoms with Crippen molar-refractivity contribution in [3.63, 3.8) is 0 Å². The van der Waals surface area contributed by atoms with Gasteiger partial charge in [0.05, 0.1) is 12.3 Å². The van der Waals surface area contributed by atoms with Gasteiger partial charge >= 0.3 is 0 Å². The Morgan fingerprint density at radius 2 is 1.94 bits per heavy atom. The van der Waals surface area contributed by atoms with Crippen molar-refractivity contribution in [2.45, 2.75) is 63.5 Å². The van der Waals surface area contributed by atoms with E-state index < -0.39 is 0 Å². The second-order valence-corrected chi connectivity index (χ2v) is 9.18. The average molecular weight is 426 g/mol. The van der Waals surface area contributed by atoms with Crippen LogP contribution in [-0.2, 0) is 16.0 Å².